The first-order valence-electron chi connectivity index (χ1n) is 20.0. The van der Waals surface area contributed by atoms with Crippen LogP contribution in [0.25, 0.3) is 11.1 Å². The molecule has 2 aromatic rings. The molecular formula is C43H64N4O6. The maximum absolute atomic E-state index is 14.2. The Morgan fingerprint density at radius 2 is 1.85 bits per heavy atom. The van der Waals surface area contributed by atoms with Crippen molar-refractivity contribution in [1.29, 1.82) is 0 Å². The number of rotatable bonds is 13. The normalized spacial score (nSPS) is 29.7. The SMILES string of the molecule is COc1c(CN2O[C@@H](CO)[C@@H]([C@H](C)O)[C@H]2C(=O)N[C@H]2C[C@H]3C[C@@H]([C@@H]2C)C3(C)C)cccc1-c1cc(C)cc(C(=O)N[C@H](CN(C)C)C2CCCCC2)c1. The maximum Gasteiger partial charge on any atom is 0.251 e. The second-order valence-corrected chi connectivity index (χ2v) is 17.6. The number of carbonyl (C=O) groups excluding carboxylic acids is 2. The summed E-state index contributed by atoms with van der Waals surface area (Å²) in [6.45, 7) is 11.3. The van der Waals surface area contributed by atoms with Crippen molar-refractivity contribution in [1.82, 2.24) is 20.6 Å². The van der Waals surface area contributed by atoms with Gasteiger partial charge < -0.3 is 30.5 Å². The largest absolute Gasteiger partial charge is 0.496 e. The highest BCUT2D eigenvalue weighted by atomic mass is 16.7. The molecule has 1 aliphatic heterocycles. The molecule has 10 heteroatoms. The number of nitrogens with zero attached hydrogens (tertiary/aromatic N) is 2. The third kappa shape index (κ3) is 8.18. The van der Waals surface area contributed by atoms with Crippen molar-refractivity contribution in [2.75, 3.05) is 34.4 Å². The van der Waals surface area contributed by atoms with E-state index in [9.17, 15) is 19.8 Å². The number of ether oxygens (including phenoxy) is 1. The molecule has 4 N–H and O–H groups in total. The Hall–Kier alpha value is -3.02. The number of benzene rings is 2. The number of fused-ring (bicyclic) bond motifs is 2. The van der Waals surface area contributed by atoms with Gasteiger partial charge in [-0.1, -0.05) is 64.3 Å². The van der Waals surface area contributed by atoms with Crippen LogP contribution in [0, 0.1) is 41.9 Å². The third-order valence-electron chi connectivity index (χ3n) is 13.4. The molecule has 1 saturated heterocycles. The highest BCUT2D eigenvalue weighted by Crippen LogP contribution is 2.61. The zero-order valence-electron chi connectivity index (χ0n) is 33.2. The number of methoxy groups -OCH3 is 1. The molecule has 5 aliphatic rings. The quantitative estimate of drug-likeness (QED) is 0.211. The highest BCUT2D eigenvalue weighted by Gasteiger charge is 2.57. The Kier molecular flexibility index (Phi) is 12.3. The summed E-state index contributed by atoms with van der Waals surface area (Å²) >= 11 is 0. The fourth-order valence-corrected chi connectivity index (χ4v) is 10.4. The number of hydroxylamine groups is 2. The topological polar surface area (TPSA) is 124 Å². The van der Waals surface area contributed by atoms with E-state index in [1.807, 2.05) is 37.3 Å². The highest BCUT2D eigenvalue weighted by molar-refractivity contribution is 5.96. The molecule has 2 amide bonds. The Morgan fingerprint density at radius 1 is 1.11 bits per heavy atom. The number of aliphatic hydroxyl groups excluding tert-OH is 2. The number of hydrogen-bond acceptors (Lipinski definition) is 8. The second-order valence-electron chi connectivity index (χ2n) is 17.6. The number of aryl methyl sites for hydroxylation is 1. The molecule has 292 valence electrons. The molecule has 5 fully saturated rings. The van der Waals surface area contributed by atoms with E-state index in [1.54, 1.807) is 19.1 Å². The van der Waals surface area contributed by atoms with Gasteiger partial charge in [-0.3, -0.25) is 14.4 Å². The number of carbonyl (C=O) groups is 2. The number of hydrogen-bond donors (Lipinski definition) is 4. The predicted octanol–water partition coefficient (Wildman–Crippen LogP) is 5.57. The van der Waals surface area contributed by atoms with E-state index in [-0.39, 0.29) is 37.0 Å². The van der Waals surface area contributed by atoms with Crippen molar-refractivity contribution in [3.05, 3.63) is 53.1 Å². The molecule has 4 saturated carbocycles. The lowest BCUT2D eigenvalue weighted by molar-refractivity contribution is -0.183. The minimum absolute atomic E-state index is 0.0513. The lowest BCUT2D eigenvalue weighted by Gasteiger charge is -2.62. The molecule has 0 unspecified atom stereocenters. The zero-order valence-corrected chi connectivity index (χ0v) is 33.2. The summed E-state index contributed by atoms with van der Waals surface area (Å²) in [7, 11) is 5.74. The number of amides is 2. The number of nitrogens with one attached hydrogen (secondary N) is 2. The third-order valence-corrected chi connectivity index (χ3v) is 13.4. The van der Waals surface area contributed by atoms with Crippen LogP contribution in [0.5, 0.6) is 5.75 Å². The van der Waals surface area contributed by atoms with Gasteiger partial charge in [0.2, 0.25) is 5.91 Å². The van der Waals surface area contributed by atoms with E-state index in [2.05, 4.69) is 56.5 Å². The molecule has 7 rings (SSSR count). The van der Waals surface area contributed by atoms with Crippen LogP contribution in [-0.2, 0) is 16.2 Å². The van der Waals surface area contributed by atoms with Crippen molar-refractivity contribution in [2.45, 2.75) is 116 Å². The van der Waals surface area contributed by atoms with Gasteiger partial charge >= 0.3 is 0 Å². The minimum atomic E-state index is -0.885. The monoisotopic (exact) mass is 732 g/mol. The minimum Gasteiger partial charge on any atom is -0.496 e. The first-order chi connectivity index (χ1) is 25.2. The van der Waals surface area contributed by atoms with Crippen LogP contribution in [0.1, 0.15) is 94.1 Å². The van der Waals surface area contributed by atoms with Crippen LogP contribution < -0.4 is 15.4 Å². The lowest BCUT2D eigenvalue weighted by Crippen LogP contribution is -2.62. The van der Waals surface area contributed by atoms with Crippen LogP contribution >= 0.6 is 0 Å². The van der Waals surface area contributed by atoms with Gasteiger partial charge in [-0.2, -0.15) is 5.06 Å². The number of para-hydroxylation sites is 1. The average molecular weight is 733 g/mol. The Labute approximate surface area is 316 Å². The van der Waals surface area contributed by atoms with E-state index in [0.29, 0.717) is 40.4 Å². The van der Waals surface area contributed by atoms with Crippen LogP contribution in [0.3, 0.4) is 0 Å². The van der Waals surface area contributed by atoms with Gasteiger partial charge in [0.05, 0.1) is 26.4 Å². The molecule has 0 aromatic heterocycles. The van der Waals surface area contributed by atoms with Crippen LogP contribution in [0.2, 0.25) is 0 Å². The molecule has 4 aliphatic carbocycles. The Balaban J connectivity index is 1.25. The van der Waals surface area contributed by atoms with Gasteiger partial charge in [-0.25, -0.2) is 0 Å². The van der Waals surface area contributed by atoms with Crippen LogP contribution in [0.4, 0.5) is 0 Å². The molecular weight excluding hydrogens is 668 g/mol. The Morgan fingerprint density at radius 3 is 2.47 bits per heavy atom. The molecule has 2 bridgehead atoms. The van der Waals surface area contributed by atoms with E-state index in [1.165, 1.54) is 25.7 Å². The van der Waals surface area contributed by atoms with Gasteiger partial charge in [0, 0.05) is 41.2 Å². The van der Waals surface area contributed by atoms with E-state index < -0.39 is 24.2 Å². The molecule has 53 heavy (non-hydrogen) atoms. The fraction of sp³-hybridized carbons (Fsp3) is 0.674. The summed E-state index contributed by atoms with van der Waals surface area (Å²) in [5.74, 6) is 1.69. The first-order valence-corrected chi connectivity index (χ1v) is 20.0. The van der Waals surface area contributed by atoms with Gasteiger partial charge in [-0.15, -0.1) is 0 Å². The summed E-state index contributed by atoms with van der Waals surface area (Å²) in [4.78, 5) is 36.5. The maximum atomic E-state index is 14.2. The van der Waals surface area contributed by atoms with Crippen molar-refractivity contribution >= 4 is 11.8 Å². The summed E-state index contributed by atoms with van der Waals surface area (Å²) in [6, 6.07) is 11.1. The van der Waals surface area contributed by atoms with E-state index in [0.717, 1.165) is 48.1 Å². The smallest absolute Gasteiger partial charge is 0.251 e. The van der Waals surface area contributed by atoms with E-state index >= 15 is 0 Å². The van der Waals surface area contributed by atoms with Gasteiger partial charge in [0.1, 0.15) is 17.9 Å². The van der Waals surface area contributed by atoms with Crippen molar-refractivity contribution < 1.29 is 29.4 Å². The van der Waals surface area contributed by atoms with Gasteiger partial charge in [0.25, 0.3) is 5.91 Å². The standard InChI is InChI=1S/C43H64N4O6/c1-25-17-30(19-31(18-25)41(50)45-36(23-46(6)7)28-13-10-9-11-14-28)33-16-12-15-29(40(33)52-8)22-47-39(38(27(3)49)37(24-48)53-47)42(51)44-35-21-32-20-34(26(35)2)43(32,4)5/h12,15-19,26-28,32,34-39,48-49H,9-11,13-14,20-24H2,1-8H3,(H,44,51)(H,45,50)/t26-,27-,32+,34-,35-,36+,37-,38+,39-/m0/s1. The summed E-state index contributed by atoms with van der Waals surface area (Å²) in [5.41, 5.74) is 4.33. The summed E-state index contributed by atoms with van der Waals surface area (Å²) in [5, 5.41) is 29.7. The summed E-state index contributed by atoms with van der Waals surface area (Å²) in [6.07, 6.45) is 6.50. The van der Waals surface area contributed by atoms with Crippen LogP contribution in [-0.4, -0.2) is 96.7 Å². The zero-order chi connectivity index (χ0) is 38.2. The first kappa shape index (κ1) is 39.7. The van der Waals surface area contributed by atoms with Crippen molar-refractivity contribution in [3.8, 4) is 16.9 Å². The van der Waals surface area contributed by atoms with Crippen molar-refractivity contribution in [3.63, 3.8) is 0 Å². The van der Waals surface area contributed by atoms with Crippen LogP contribution in [0.15, 0.2) is 36.4 Å². The molecule has 9 atom stereocenters. The molecule has 1 heterocycles. The average Bonchev–Trinajstić information content (AvgIpc) is 3.50. The second kappa shape index (κ2) is 16.4. The number of aliphatic hydroxyl groups is 2. The Bertz CT molecular complexity index is 1600. The van der Waals surface area contributed by atoms with Crippen molar-refractivity contribution in [2.24, 2.45) is 35.0 Å². The molecule has 2 aromatic carbocycles. The fourth-order valence-electron chi connectivity index (χ4n) is 10.4. The lowest BCUT2D eigenvalue weighted by atomic mass is 9.45. The van der Waals surface area contributed by atoms with Gasteiger partial charge in [0.15, 0.2) is 0 Å². The summed E-state index contributed by atoms with van der Waals surface area (Å²) < 4.78 is 6.08. The van der Waals surface area contributed by atoms with Gasteiger partial charge in [-0.05, 0) is 106 Å². The molecule has 0 radical (unpaired) electrons. The van der Waals surface area contributed by atoms with E-state index in [4.69, 9.17) is 9.57 Å². The molecule has 0 spiro atoms. The molecule has 10 nitrogen and oxygen atoms in total. The number of likely N-dealkylation sites (N-methyl/N-ethyl adjacent to an activating group) is 1. The predicted molar refractivity (Wildman–Crippen MR) is 207 cm³/mol.